The van der Waals surface area contributed by atoms with E-state index >= 15 is 0 Å². The van der Waals surface area contributed by atoms with Crippen molar-refractivity contribution in [3.63, 3.8) is 0 Å². The molecule has 0 aliphatic heterocycles. The van der Waals surface area contributed by atoms with Gasteiger partial charge in [0.15, 0.2) is 0 Å². The van der Waals surface area contributed by atoms with Gasteiger partial charge in [0.2, 0.25) is 0 Å². The molecule has 0 unspecified atom stereocenters. The number of hydrogen-bond acceptors (Lipinski definition) is 4. The van der Waals surface area contributed by atoms with Gasteiger partial charge in [0.25, 0.3) is 6.16 Å². The second-order valence-electron chi connectivity index (χ2n) is 4.85. The van der Waals surface area contributed by atoms with E-state index in [1.54, 1.807) is 6.07 Å². The second-order valence-corrected chi connectivity index (χ2v) is 4.85. The molecule has 1 aromatic rings. The van der Waals surface area contributed by atoms with Crippen LogP contribution in [0.15, 0.2) is 18.3 Å². The Morgan fingerprint density at radius 3 is 2.79 bits per heavy atom. The first-order valence-electron chi connectivity index (χ1n) is 6.99. The Bertz CT molecular complexity index is 393. The van der Waals surface area contributed by atoms with Gasteiger partial charge in [-0.25, -0.2) is 4.98 Å². The highest BCUT2D eigenvalue weighted by Crippen LogP contribution is 2.28. The third-order valence-electron chi connectivity index (χ3n) is 3.25. The van der Waals surface area contributed by atoms with Gasteiger partial charge in [0.1, 0.15) is 5.88 Å². The molecular weight excluding hydrogens is 242 g/mol. The summed E-state index contributed by atoms with van der Waals surface area (Å²) in [6.45, 7) is 4.26. The van der Waals surface area contributed by atoms with Gasteiger partial charge in [-0.1, -0.05) is 52.0 Å². The van der Waals surface area contributed by atoms with E-state index in [0.29, 0.717) is 0 Å². The SMILES string of the molecule is CCCCCCC[C@H](C)c1cccnc1OC(=O)[O-]. The van der Waals surface area contributed by atoms with Crippen LogP contribution in [0.2, 0.25) is 0 Å². The van der Waals surface area contributed by atoms with Gasteiger partial charge in [-0.3, -0.25) is 0 Å². The van der Waals surface area contributed by atoms with Gasteiger partial charge >= 0.3 is 0 Å². The molecule has 0 spiro atoms. The van der Waals surface area contributed by atoms with E-state index < -0.39 is 6.16 Å². The summed E-state index contributed by atoms with van der Waals surface area (Å²) in [4.78, 5) is 14.5. The molecule has 4 nitrogen and oxygen atoms in total. The predicted molar refractivity (Wildman–Crippen MR) is 72.1 cm³/mol. The number of hydrogen-bond donors (Lipinski definition) is 0. The van der Waals surface area contributed by atoms with E-state index in [2.05, 4.69) is 23.6 Å². The van der Waals surface area contributed by atoms with Crippen LogP contribution in [-0.4, -0.2) is 11.1 Å². The largest absolute Gasteiger partial charge is 0.496 e. The zero-order valence-electron chi connectivity index (χ0n) is 11.7. The minimum absolute atomic E-state index is 0.156. The number of nitrogens with zero attached hydrogens (tertiary/aromatic N) is 1. The summed E-state index contributed by atoms with van der Waals surface area (Å²) in [6.07, 6.45) is 7.11. The van der Waals surface area contributed by atoms with Crippen molar-refractivity contribution in [2.75, 3.05) is 0 Å². The number of rotatable bonds is 8. The monoisotopic (exact) mass is 264 g/mol. The molecule has 0 aromatic carbocycles. The summed E-state index contributed by atoms with van der Waals surface area (Å²) < 4.78 is 4.61. The molecule has 0 N–H and O–H groups in total. The fourth-order valence-corrected chi connectivity index (χ4v) is 2.15. The number of unbranched alkanes of at least 4 members (excludes halogenated alkanes) is 4. The molecule has 0 aliphatic carbocycles. The Kier molecular flexibility index (Phi) is 6.93. The third kappa shape index (κ3) is 5.73. The van der Waals surface area contributed by atoms with Gasteiger partial charge in [-0.05, 0) is 24.0 Å². The Labute approximate surface area is 114 Å². The molecule has 4 heteroatoms. The summed E-state index contributed by atoms with van der Waals surface area (Å²) in [5.41, 5.74) is 0.835. The van der Waals surface area contributed by atoms with Crippen LogP contribution in [0.1, 0.15) is 63.9 Å². The lowest BCUT2D eigenvalue weighted by molar-refractivity contribution is -0.271. The van der Waals surface area contributed by atoms with E-state index in [-0.39, 0.29) is 11.8 Å². The van der Waals surface area contributed by atoms with E-state index in [1.807, 2.05) is 6.07 Å². The standard InChI is InChI=1S/C15H23NO3/c1-3-4-5-6-7-9-12(2)13-10-8-11-16-14(13)19-15(17)18/h8,10-12H,3-7,9H2,1-2H3,(H,17,18)/p-1/t12-/m0/s1. The second kappa shape index (κ2) is 8.51. The maximum absolute atomic E-state index is 10.5. The van der Waals surface area contributed by atoms with Gasteiger partial charge in [0, 0.05) is 6.20 Å². The molecule has 1 rings (SSSR count). The smallest absolute Gasteiger partial charge is 0.258 e. The van der Waals surface area contributed by atoms with Gasteiger partial charge < -0.3 is 14.6 Å². The highest BCUT2D eigenvalue weighted by molar-refractivity contribution is 5.58. The lowest BCUT2D eigenvalue weighted by Gasteiger charge is -2.17. The Hall–Kier alpha value is -1.58. The summed E-state index contributed by atoms with van der Waals surface area (Å²) in [6, 6.07) is 3.66. The fourth-order valence-electron chi connectivity index (χ4n) is 2.15. The molecule has 0 aliphatic rings. The van der Waals surface area contributed by atoms with Gasteiger partial charge in [0.05, 0.1) is 0 Å². The molecule has 0 bridgehead atoms. The molecule has 106 valence electrons. The van der Waals surface area contributed by atoms with E-state index in [1.165, 1.54) is 31.9 Å². The summed E-state index contributed by atoms with van der Waals surface area (Å²) in [5.74, 6) is 0.397. The highest BCUT2D eigenvalue weighted by atomic mass is 16.7. The predicted octanol–water partition coefficient (Wildman–Crippen LogP) is 3.27. The van der Waals surface area contributed by atoms with Crippen molar-refractivity contribution in [1.29, 1.82) is 0 Å². The molecule has 19 heavy (non-hydrogen) atoms. The van der Waals surface area contributed by atoms with Crippen molar-refractivity contribution < 1.29 is 14.6 Å². The quantitative estimate of drug-likeness (QED) is 0.534. The average Bonchev–Trinajstić information content (AvgIpc) is 2.38. The number of aromatic nitrogens is 1. The van der Waals surface area contributed by atoms with Crippen molar-refractivity contribution in [2.24, 2.45) is 0 Å². The van der Waals surface area contributed by atoms with E-state index in [0.717, 1.165) is 18.4 Å². The normalized spacial score (nSPS) is 12.1. The molecule has 1 aromatic heterocycles. The molecule has 0 saturated heterocycles. The Balaban J connectivity index is 2.51. The molecule has 0 radical (unpaired) electrons. The number of carboxylic acid groups (broad SMARTS) is 1. The minimum Gasteiger partial charge on any atom is -0.496 e. The van der Waals surface area contributed by atoms with E-state index in [9.17, 15) is 9.90 Å². The van der Waals surface area contributed by atoms with Crippen molar-refractivity contribution in [3.8, 4) is 5.88 Å². The van der Waals surface area contributed by atoms with Crippen LogP contribution in [0.3, 0.4) is 0 Å². The Morgan fingerprint density at radius 1 is 1.37 bits per heavy atom. The maximum Gasteiger partial charge on any atom is 0.258 e. The van der Waals surface area contributed by atoms with Crippen LogP contribution in [0.25, 0.3) is 0 Å². The average molecular weight is 264 g/mol. The number of carbonyl (C=O) groups excluding carboxylic acids is 1. The van der Waals surface area contributed by atoms with Crippen LogP contribution in [-0.2, 0) is 0 Å². The van der Waals surface area contributed by atoms with E-state index in [4.69, 9.17) is 0 Å². The zero-order valence-corrected chi connectivity index (χ0v) is 11.7. The lowest BCUT2D eigenvalue weighted by atomic mass is 9.95. The van der Waals surface area contributed by atoms with Crippen molar-refractivity contribution in [1.82, 2.24) is 4.98 Å². The third-order valence-corrected chi connectivity index (χ3v) is 3.25. The minimum atomic E-state index is -1.56. The topological polar surface area (TPSA) is 62.2 Å². The first kappa shape index (κ1) is 15.5. The van der Waals surface area contributed by atoms with Gasteiger partial charge in [-0.15, -0.1) is 0 Å². The summed E-state index contributed by atoms with van der Waals surface area (Å²) >= 11 is 0. The Morgan fingerprint density at radius 2 is 2.11 bits per heavy atom. The first-order valence-corrected chi connectivity index (χ1v) is 6.99. The van der Waals surface area contributed by atoms with Gasteiger partial charge in [-0.2, -0.15) is 0 Å². The number of pyridine rings is 1. The molecule has 0 fully saturated rings. The lowest BCUT2D eigenvalue weighted by Crippen LogP contribution is -2.27. The molecule has 1 heterocycles. The van der Waals surface area contributed by atoms with Crippen molar-refractivity contribution in [3.05, 3.63) is 23.9 Å². The van der Waals surface area contributed by atoms with Crippen LogP contribution >= 0.6 is 0 Å². The summed E-state index contributed by atoms with van der Waals surface area (Å²) in [7, 11) is 0. The van der Waals surface area contributed by atoms with Crippen LogP contribution in [0, 0.1) is 0 Å². The van der Waals surface area contributed by atoms with Crippen LogP contribution in [0.4, 0.5) is 4.79 Å². The molecular formula is C15H22NO3-. The molecule has 0 amide bonds. The summed E-state index contributed by atoms with van der Waals surface area (Å²) in [5, 5.41) is 10.5. The molecule has 0 saturated carbocycles. The highest BCUT2D eigenvalue weighted by Gasteiger charge is 2.10. The first-order chi connectivity index (χ1) is 9.15. The van der Waals surface area contributed by atoms with Crippen LogP contribution < -0.4 is 9.84 Å². The fraction of sp³-hybridized carbons (Fsp3) is 0.600. The zero-order chi connectivity index (χ0) is 14.1. The van der Waals surface area contributed by atoms with Crippen LogP contribution in [0.5, 0.6) is 5.88 Å². The maximum atomic E-state index is 10.5. The van der Waals surface area contributed by atoms with Crippen molar-refractivity contribution in [2.45, 2.75) is 58.3 Å². The number of carbonyl (C=O) groups is 1. The molecule has 1 atom stereocenters. The van der Waals surface area contributed by atoms with Crippen molar-refractivity contribution >= 4 is 6.16 Å². The number of ether oxygens (including phenoxy) is 1.